The maximum Gasteiger partial charge on any atom is 0.341 e. The molecule has 1 aromatic heterocycles. The largest absolute Gasteiger partial charge is 0.493 e. The molecule has 0 saturated carbocycles. The fourth-order valence-electron chi connectivity index (χ4n) is 4.86. The van der Waals surface area contributed by atoms with Crippen LogP contribution >= 0.6 is 0 Å². The van der Waals surface area contributed by atoms with Crippen LogP contribution in [0, 0.1) is 0 Å². The molecular formula is C30H27NO8. The number of benzene rings is 3. The van der Waals surface area contributed by atoms with E-state index in [1.165, 1.54) is 0 Å². The van der Waals surface area contributed by atoms with Gasteiger partial charge in [0.2, 0.25) is 0 Å². The van der Waals surface area contributed by atoms with Crippen molar-refractivity contribution in [2.24, 2.45) is 0 Å². The molecule has 9 nitrogen and oxygen atoms in total. The monoisotopic (exact) mass is 529 g/mol. The lowest BCUT2D eigenvalue weighted by atomic mass is 9.94. The van der Waals surface area contributed by atoms with Crippen LogP contribution in [0.2, 0.25) is 0 Å². The summed E-state index contributed by atoms with van der Waals surface area (Å²) in [5.41, 5.74) is 4.06. The molecule has 2 aliphatic rings. The number of hydrogen-bond donors (Lipinski definition) is 0. The second-order valence-electron chi connectivity index (χ2n) is 8.97. The molecular weight excluding hydrogens is 502 g/mol. The van der Waals surface area contributed by atoms with Crippen molar-refractivity contribution in [2.75, 3.05) is 34.0 Å². The number of carbonyl (C=O) groups is 1. The van der Waals surface area contributed by atoms with E-state index in [1.54, 1.807) is 14.2 Å². The number of hydrogen-bond acceptors (Lipinski definition) is 9. The summed E-state index contributed by atoms with van der Waals surface area (Å²) in [6.45, 7) is 3.80. The molecule has 0 spiro atoms. The van der Waals surface area contributed by atoms with E-state index in [-0.39, 0.29) is 13.2 Å². The Morgan fingerprint density at radius 3 is 2.38 bits per heavy atom. The number of fused-ring (bicyclic) bond motifs is 3. The van der Waals surface area contributed by atoms with Gasteiger partial charge in [0.15, 0.2) is 34.5 Å². The molecule has 2 aliphatic heterocycles. The van der Waals surface area contributed by atoms with Gasteiger partial charge < -0.3 is 33.2 Å². The minimum atomic E-state index is -0.409. The van der Waals surface area contributed by atoms with E-state index in [2.05, 4.69) is 0 Å². The van der Waals surface area contributed by atoms with Crippen molar-refractivity contribution in [3.8, 4) is 45.6 Å². The second kappa shape index (κ2) is 10.2. The normalized spacial score (nSPS) is 13.6. The van der Waals surface area contributed by atoms with Crippen molar-refractivity contribution < 1.29 is 38.0 Å². The minimum Gasteiger partial charge on any atom is -0.493 e. The molecule has 3 aromatic carbocycles. The zero-order chi connectivity index (χ0) is 26.9. The van der Waals surface area contributed by atoms with Crippen LogP contribution in [0.15, 0.2) is 48.5 Å². The lowest BCUT2D eigenvalue weighted by molar-refractivity contribution is 0.0534. The molecule has 0 unspecified atom stereocenters. The topological polar surface area (TPSA) is 94.6 Å². The van der Waals surface area contributed by atoms with E-state index >= 15 is 0 Å². The summed E-state index contributed by atoms with van der Waals surface area (Å²) >= 11 is 0. The van der Waals surface area contributed by atoms with Gasteiger partial charge in [-0.2, -0.15) is 0 Å². The first-order valence-corrected chi connectivity index (χ1v) is 12.6. The summed E-state index contributed by atoms with van der Waals surface area (Å²) in [5, 5.41) is 0.733. The van der Waals surface area contributed by atoms with Gasteiger partial charge in [-0.25, -0.2) is 9.78 Å². The highest BCUT2D eigenvalue weighted by atomic mass is 16.6. The number of methoxy groups -OCH3 is 2. The van der Waals surface area contributed by atoms with E-state index in [9.17, 15) is 4.79 Å². The van der Waals surface area contributed by atoms with Crippen LogP contribution in [-0.2, 0) is 18.0 Å². The molecule has 3 heterocycles. The minimum absolute atomic E-state index is 0.107. The van der Waals surface area contributed by atoms with Gasteiger partial charge in [-0.1, -0.05) is 12.1 Å². The molecule has 200 valence electrons. The van der Waals surface area contributed by atoms with Crippen LogP contribution in [0.1, 0.15) is 28.5 Å². The van der Waals surface area contributed by atoms with Crippen molar-refractivity contribution in [1.29, 1.82) is 0 Å². The number of esters is 1. The van der Waals surface area contributed by atoms with Crippen molar-refractivity contribution in [3.63, 3.8) is 0 Å². The first-order valence-electron chi connectivity index (χ1n) is 12.6. The summed E-state index contributed by atoms with van der Waals surface area (Å²) < 4.78 is 39.8. The molecule has 0 N–H and O–H groups in total. The Bertz CT molecular complexity index is 1580. The van der Waals surface area contributed by atoms with E-state index < -0.39 is 5.97 Å². The third-order valence-corrected chi connectivity index (χ3v) is 6.64. The fourth-order valence-corrected chi connectivity index (χ4v) is 4.86. The van der Waals surface area contributed by atoms with Crippen LogP contribution in [-0.4, -0.2) is 45.0 Å². The Kier molecular flexibility index (Phi) is 6.48. The Labute approximate surface area is 225 Å². The predicted molar refractivity (Wildman–Crippen MR) is 142 cm³/mol. The van der Waals surface area contributed by atoms with Gasteiger partial charge in [0.25, 0.3) is 0 Å². The standard InChI is InChI=1S/C30H27NO8/c1-4-35-22-7-5-17(11-24(22)33-2)15-38-27-14-20-19(13-25(27)34-3)28(29-21(31-20)16-39-30(29)32)18-6-8-23-26(12-18)37-10-9-36-23/h5-8,11-14H,4,9-10,15-16H2,1-3H3. The molecule has 0 aliphatic carbocycles. The summed E-state index contributed by atoms with van der Waals surface area (Å²) in [5.74, 6) is 3.22. The quantitative estimate of drug-likeness (QED) is 0.280. The Balaban J connectivity index is 1.41. The van der Waals surface area contributed by atoms with Gasteiger partial charge in [0, 0.05) is 17.0 Å². The van der Waals surface area contributed by atoms with Gasteiger partial charge in [-0.05, 0) is 48.4 Å². The highest BCUT2D eigenvalue weighted by molar-refractivity contribution is 6.09. The van der Waals surface area contributed by atoms with Gasteiger partial charge in [-0.15, -0.1) is 0 Å². The number of carbonyl (C=O) groups excluding carboxylic acids is 1. The summed E-state index contributed by atoms with van der Waals surface area (Å²) in [7, 11) is 3.18. The fraction of sp³-hybridized carbons (Fsp3) is 0.267. The third-order valence-electron chi connectivity index (χ3n) is 6.64. The first kappa shape index (κ1) is 24.7. The van der Waals surface area contributed by atoms with Crippen LogP contribution in [0.3, 0.4) is 0 Å². The van der Waals surface area contributed by atoms with Crippen molar-refractivity contribution in [3.05, 3.63) is 65.4 Å². The van der Waals surface area contributed by atoms with Crippen LogP contribution < -0.4 is 28.4 Å². The molecule has 0 bridgehead atoms. The average molecular weight is 530 g/mol. The molecule has 0 saturated heterocycles. The summed E-state index contributed by atoms with van der Waals surface area (Å²) in [6, 6.07) is 15.0. The Morgan fingerprint density at radius 2 is 1.59 bits per heavy atom. The van der Waals surface area contributed by atoms with Gasteiger partial charge >= 0.3 is 5.97 Å². The molecule has 0 amide bonds. The highest BCUT2D eigenvalue weighted by Gasteiger charge is 2.30. The van der Waals surface area contributed by atoms with E-state index in [0.29, 0.717) is 76.7 Å². The molecule has 0 radical (unpaired) electrons. The number of rotatable bonds is 8. The maximum atomic E-state index is 12.8. The van der Waals surface area contributed by atoms with Crippen molar-refractivity contribution in [1.82, 2.24) is 4.98 Å². The lowest BCUT2D eigenvalue weighted by Crippen LogP contribution is -2.15. The zero-order valence-electron chi connectivity index (χ0n) is 21.9. The number of pyridine rings is 1. The van der Waals surface area contributed by atoms with Crippen LogP contribution in [0.25, 0.3) is 22.0 Å². The molecule has 9 heteroatoms. The van der Waals surface area contributed by atoms with Gasteiger partial charge in [-0.3, -0.25) is 0 Å². The first-order chi connectivity index (χ1) is 19.1. The van der Waals surface area contributed by atoms with E-state index in [1.807, 2.05) is 55.5 Å². The van der Waals surface area contributed by atoms with Gasteiger partial charge in [0.05, 0.1) is 37.6 Å². The Hall–Kier alpha value is -4.66. The average Bonchev–Trinajstić information content (AvgIpc) is 3.34. The van der Waals surface area contributed by atoms with Crippen molar-refractivity contribution in [2.45, 2.75) is 20.1 Å². The predicted octanol–water partition coefficient (Wildman–Crippen LogP) is 5.34. The van der Waals surface area contributed by atoms with E-state index in [4.69, 9.17) is 38.1 Å². The SMILES string of the molecule is CCOc1ccc(COc2cc3nc4c(c(-c5ccc6c(c5)OCCO6)c3cc2OC)C(=O)OC4)cc1OC. The molecule has 4 aromatic rings. The molecule has 0 fully saturated rings. The second-order valence-corrected chi connectivity index (χ2v) is 8.97. The van der Waals surface area contributed by atoms with Crippen LogP contribution in [0.4, 0.5) is 0 Å². The third kappa shape index (κ3) is 4.50. The highest BCUT2D eigenvalue weighted by Crippen LogP contribution is 2.43. The molecule has 6 rings (SSSR count). The number of nitrogens with zero attached hydrogens (tertiary/aromatic N) is 1. The van der Waals surface area contributed by atoms with Gasteiger partial charge in [0.1, 0.15) is 26.4 Å². The smallest absolute Gasteiger partial charge is 0.341 e. The maximum absolute atomic E-state index is 12.8. The van der Waals surface area contributed by atoms with Crippen LogP contribution in [0.5, 0.6) is 34.5 Å². The Morgan fingerprint density at radius 1 is 0.795 bits per heavy atom. The molecule has 0 atom stereocenters. The molecule has 39 heavy (non-hydrogen) atoms. The summed E-state index contributed by atoms with van der Waals surface area (Å²) in [6.07, 6.45) is 0. The number of cyclic esters (lactones) is 1. The number of ether oxygens (including phenoxy) is 7. The lowest BCUT2D eigenvalue weighted by Gasteiger charge is -2.20. The zero-order valence-corrected chi connectivity index (χ0v) is 21.9. The number of aromatic nitrogens is 1. The van der Waals surface area contributed by atoms with Crippen molar-refractivity contribution >= 4 is 16.9 Å². The van der Waals surface area contributed by atoms with E-state index in [0.717, 1.165) is 16.5 Å². The summed E-state index contributed by atoms with van der Waals surface area (Å²) in [4.78, 5) is 17.6.